The van der Waals surface area contributed by atoms with Gasteiger partial charge < -0.3 is 10.0 Å². The zero-order valence-electron chi connectivity index (χ0n) is 11.1. The summed E-state index contributed by atoms with van der Waals surface area (Å²) in [4.78, 5) is 13.4. The Morgan fingerprint density at radius 2 is 1.88 bits per heavy atom. The molecule has 2 fully saturated rings. The van der Waals surface area contributed by atoms with E-state index in [-0.39, 0.29) is 5.41 Å². The number of hydrogen-bond donors (Lipinski definition) is 1. The summed E-state index contributed by atoms with van der Waals surface area (Å²) in [6.07, 6.45) is 5.52. The van der Waals surface area contributed by atoms with Crippen molar-refractivity contribution in [3.63, 3.8) is 0 Å². The van der Waals surface area contributed by atoms with Crippen LogP contribution < -0.4 is 0 Å². The second-order valence-corrected chi connectivity index (χ2v) is 6.41. The molecule has 1 saturated heterocycles. The number of carbonyl (C=O) groups is 1. The molecule has 0 spiro atoms. The highest BCUT2D eigenvalue weighted by molar-refractivity contribution is 5.67. The Morgan fingerprint density at radius 3 is 2.41 bits per heavy atom. The molecule has 3 heteroatoms. The minimum Gasteiger partial charge on any atom is -0.481 e. The van der Waals surface area contributed by atoms with Gasteiger partial charge in [0.05, 0.1) is 0 Å². The van der Waals surface area contributed by atoms with Crippen molar-refractivity contribution in [3.05, 3.63) is 0 Å². The van der Waals surface area contributed by atoms with Gasteiger partial charge in [-0.1, -0.05) is 20.3 Å². The van der Waals surface area contributed by atoms with E-state index in [9.17, 15) is 4.79 Å². The molecule has 98 valence electrons. The Morgan fingerprint density at radius 1 is 1.24 bits per heavy atom. The fraction of sp³-hybridized carbons (Fsp3) is 0.929. The van der Waals surface area contributed by atoms with Crippen molar-refractivity contribution >= 4 is 5.97 Å². The Bertz CT molecular complexity index is 282. The molecule has 0 radical (unpaired) electrons. The highest BCUT2D eigenvalue weighted by atomic mass is 16.4. The lowest BCUT2D eigenvalue weighted by atomic mass is 9.53. The van der Waals surface area contributed by atoms with Crippen LogP contribution in [0.3, 0.4) is 0 Å². The fourth-order valence-electron chi connectivity index (χ4n) is 3.44. The summed E-state index contributed by atoms with van der Waals surface area (Å²) in [7, 11) is 0. The number of likely N-dealkylation sites (tertiary alicyclic amines) is 1. The van der Waals surface area contributed by atoms with E-state index in [0.717, 1.165) is 6.42 Å². The highest BCUT2D eigenvalue weighted by Crippen LogP contribution is 2.53. The number of rotatable bonds is 4. The largest absolute Gasteiger partial charge is 0.481 e. The van der Waals surface area contributed by atoms with E-state index < -0.39 is 5.97 Å². The van der Waals surface area contributed by atoms with Crippen LogP contribution in [0.2, 0.25) is 0 Å². The van der Waals surface area contributed by atoms with Crippen LogP contribution in [0.15, 0.2) is 0 Å². The monoisotopic (exact) mass is 239 g/mol. The zero-order chi connectivity index (χ0) is 12.5. The lowest BCUT2D eigenvalue weighted by molar-refractivity contribution is -0.144. The summed E-state index contributed by atoms with van der Waals surface area (Å²) >= 11 is 0. The molecule has 0 aromatic rings. The van der Waals surface area contributed by atoms with Gasteiger partial charge in [-0.25, -0.2) is 0 Å². The van der Waals surface area contributed by atoms with Gasteiger partial charge in [-0.3, -0.25) is 4.79 Å². The van der Waals surface area contributed by atoms with Crippen molar-refractivity contribution in [1.29, 1.82) is 0 Å². The van der Waals surface area contributed by atoms with Crippen LogP contribution in [0.25, 0.3) is 0 Å². The topological polar surface area (TPSA) is 40.5 Å². The van der Waals surface area contributed by atoms with Crippen LogP contribution in [0, 0.1) is 17.3 Å². The summed E-state index contributed by atoms with van der Waals surface area (Å²) in [5.41, 5.74) is 0.218. The third-order valence-corrected chi connectivity index (χ3v) is 5.02. The van der Waals surface area contributed by atoms with E-state index in [0.29, 0.717) is 18.3 Å². The van der Waals surface area contributed by atoms with Crippen LogP contribution in [0.5, 0.6) is 0 Å². The molecule has 0 aromatic heterocycles. The van der Waals surface area contributed by atoms with Crippen LogP contribution in [0.4, 0.5) is 0 Å². The molecule has 17 heavy (non-hydrogen) atoms. The van der Waals surface area contributed by atoms with Crippen molar-refractivity contribution < 1.29 is 9.90 Å². The molecule has 2 atom stereocenters. The molecule has 0 aromatic carbocycles. The lowest BCUT2D eigenvalue weighted by Gasteiger charge is -2.53. The lowest BCUT2D eigenvalue weighted by Crippen LogP contribution is -2.51. The predicted octanol–water partition coefficient (Wildman–Crippen LogP) is 2.61. The standard InChI is InChI=1S/C14H25NO2/c1-14(2)11(9-13(16)17)8-12(14)10-15-6-4-3-5-7-15/h11-12H,3-10H2,1-2H3,(H,16,17)/t11-,12+/m1/s1. The van der Waals surface area contributed by atoms with Gasteiger partial charge in [0.2, 0.25) is 0 Å². The minimum absolute atomic E-state index is 0.218. The molecular weight excluding hydrogens is 214 g/mol. The Balaban J connectivity index is 1.81. The first kappa shape index (κ1) is 12.9. The normalized spacial score (nSPS) is 33.1. The van der Waals surface area contributed by atoms with E-state index in [2.05, 4.69) is 18.7 Å². The highest BCUT2D eigenvalue weighted by Gasteiger charge is 2.48. The molecule has 2 rings (SSSR count). The predicted molar refractivity (Wildman–Crippen MR) is 67.9 cm³/mol. The minimum atomic E-state index is -0.639. The first-order chi connectivity index (χ1) is 8.00. The number of carboxylic acid groups (broad SMARTS) is 1. The molecule has 1 aliphatic carbocycles. The van der Waals surface area contributed by atoms with Crippen molar-refractivity contribution in [2.45, 2.75) is 46.0 Å². The molecular formula is C14H25NO2. The summed E-state index contributed by atoms with van der Waals surface area (Å²) in [6, 6.07) is 0. The number of piperidine rings is 1. The fourth-order valence-corrected chi connectivity index (χ4v) is 3.44. The van der Waals surface area contributed by atoms with Gasteiger partial charge in [-0.05, 0) is 49.6 Å². The Hall–Kier alpha value is -0.570. The summed E-state index contributed by atoms with van der Waals surface area (Å²) in [5, 5.41) is 8.88. The Kier molecular flexibility index (Phi) is 3.76. The SMILES string of the molecule is CC1(C)[C@@H](CC(=O)O)C[C@H]1CN1CCCCC1. The molecule has 1 heterocycles. The van der Waals surface area contributed by atoms with Crippen molar-refractivity contribution in [2.24, 2.45) is 17.3 Å². The van der Waals surface area contributed by atoms with E-state index in [1.165, 1.54) is 38.9 Å². The average molecular weight is 239 g/mol. The van der Waals surface area contributed by atoms with Gasteiger partial charge in [0, 0.05) is 13.0 Å². The first-order valence-electron chi connectivity index (χ1n) is 6.94. The third kappa shape index (κ3) is 2.82. The molecule has 0 bridgehead atoms. The van der Waals surface area contributed by atoms with Gasteiger partial charge in [0.15, 0.2) is 0 Å². The summed E-state index contributed by atoms with van der Waals surface area (Å²) in [5.74, 6) is 0.444. The molecule has 0 unspecified atom stereocenters. The van der Waals surface area contributed by atoms with Gasteiger partial charge in [-0.15, -0.1) is 0 Å². The summed E-state index contributed by atoms with van der Waals surface area (Å²) < 4.78 is 0. The van der Waals surface area contributed by atoms with E-state index in [1.807, 2.05) is 0 Å². The van der Waals surface area contributed by atoms with Crippen LogP contribution in [-0.4, -0.2) is 35.6 Å². The molecule has 2 aliphatic rings. The van der Waals surface area contributed by atoms with E-state index in [1.54, 1.807) is 0 Å². The molecule has 3 nitrogen and oxygen atoms in total. The van der Waals surface area contributed by atoms with Gasteiger partial charge in [0.25, 0.3) is 0 Å². The average Bonchev–Trinajstić information content (AvgIpc) is 2.28. The van der Waals surface area contributed by atoms with Gasteiger partial charge in [0.1, 0.15) is 0 Å². The summed E-state index contributed by atoms with van der Waals surface area (Å²) in [6.45, 7) is 8.17. The maximum absolute atomic E-state index is 10.8. The van der Waals surface area contributed by atoms with E-state index in [4.69, 9.17) is 5.11 Å². The van der Waals surface area contributed by atoms with Crippen LogP contribution >= 0.6 is 0 Å². The van der Waals surface area contributed by atoms with E-state index >= 15 is 0 Å². The maximum atomic E-state index is 10.8. The van der Waals surface area contributed by atoms with Crippen molar-refractivity contribution in [3.8, 4) is 0 Å². The second kappa shape index (κ2) is 4.97. The van der Waals surface area contributed by atoms with Gasteiger partial charge >= 0.3 is 5.97 Å². The van der Waals surface area contributed by atoms with Crippen molar-refractivity contribution in [1.82, 2.24) is 4.90 Å². The van der Waals surface area contributed by atoms with Gasteiger partial charge in [-0.2, -0.15) is 0 Å². The van der Waals surface area contributed by atoms with Crippen LogP contribution in [0.1, 0.15) is 46.0 Å². The number of hydrogen-bond acceptors (Lipinski definition) is 2. The molecule has 1 saturated carbocycles. The third-order valence-electron chi connectivity index (χ3n) is 5.02. The number of aliphatic carboxylic acids is 1. The number of carboxylic acids is 1. The molecule has 0 amide bonds. The smallest absolute Gasteiger partial charge is 0.303 e. The molecule has 1 N–H and O–H groups in total. The first-order valence-corrected chi connectivity index (χ1v) is 6.94. The zero-order valence-corrected chi connectivity index (χ0v) is 11.1. The quantitative estimate of drug-likeness (QED) is 0.820. The van der Waals surface area contributed by atoms with Crippen molar-refractivity contribution in [2.75, 3.05) is 19.6 Å². The van der Waals surface area contributed by atoms with Crippen LogP contribution in [-0.2, 0) is 4.79 Å². The number of nitrogens with zero attached hydrogens (tertiary/aromatic N) is 1. The maximum Gasteiger partial charge on any atom is 0.303 e. The molecule has 1 aliphatic heterocycles. The second-order valence-electron chi connectivity index (χ2n) is 6.41. The Labute approximate surface area is 104 Å².